The average Bonchev–Trinajstić information content (AvgIpc) is 3.52. The van der Waals surface area contributed by atoms with Gasteiger partial charge in [0.05, 0.1) is 43.4 Å². The lowest BCUT2D eigenvalue weighted by Crippen LogP contribution is -2.63. The van der Waals surface area contributed by atoms with Crippen molar-refractivity contribution in [2.75, 3.05) is 59.4 Å². The van der Waals surface area contributed by atoms with Gasteiger partial charge in [-0.2, -0.15) is 0 Å². The summed E-state index contributed by atoms with van der Waals surface area (Å²) in [6.07, 6.45) is 4.05. The van der Waals surface area contributed by atoms with Crippen molar-refractivity contribution in [3.8, 4) is 0 Å². The quantitative estimate of drug-likeness (QED) is 0.131. The molecule has 3 aliphatic heterocycles. The second-order valence-corrected chi connectivity index (χ2v) is 18.8. The number of aliphatic hydroxyl groups excluding tert-OH is 1. The summed E-state index contributed by atoms with van der Waals surface area (Å²) < 4.78 is 20.9. The molecule has 2 fully saturated rings. The first-order valence-electron chi connectivity index (χ1n) is 21.9. The molecule has 4 aliphatic rings. The molecule has 0 spiro atoms. The van der Waals surface area contributed by atoms with E-state index in [4.69, 9.17) is 24.2 Å². The van der Waals surface area contributed by atoms with Gasteiger partial charge in [0, 0.05) is 73.1 Å². The van der Waals surface area contributed by atoms with E-state index in [0.717, 1.165) is 39.0 Å². The summed E-state index contributed by atoms with van der Waals surface area (Å²) in [5.41, 5.74) is 8.46. The van der Waals surface area contributed by atoms with E-state index in [1.165, 1.54) is 16.8 Å². The molecule has 3 N–H and O–H groups in total. The number of nitrogens with one attached hydrogen (secondary N) is 2. The van der Waals surface area contributed by atoms with Crippen LogP contribution in [0, 0.1) is 23.2 Å². The van der Waals surface area contributed by atoms with E-state index >= 15 is 0 Å². The fourth-order valence-corrected chi connectivity index (χ4v) is 10.1. The van der Waals surface area contributed by atoms with Crippen LogP contribution in [0.1, 0.15) is 84.2 Å². The molecule has 61 heavy (non-hydrogen) atoms. The first kappa shape index (κ1) is 46.6. The molecule has 4 heterocycles. The van der Waals surface area contributed by atoms with Crippen molar-refractivity contribution >= 4 is 57.3 Å². The van der Waals surface area contributed by atoms with Crippen LogP contribution < -0.4 is 10.7 Å². The van der Waals surface area contributed by atoms with Crippen LogP contribution in [0.4, 0.5) is 0 Å². The average molecular weight is 862 g/mol. The number of esters is 1. The van der Waals surface area contributed by atoms with Crippen molar-refractivity contribution < 1.29 is 33.7 Å². The van der Waals surface area contributed by atoms with Crippen LogP contribution in [0.15, 0.2) is 46.5 Å². The Morgan fingerprint density at radius 2 is 2.02 bits per heavy atom. The number of aliphatic hydroxyl groups is 1. The highest BCUT2D eigenvalue weighted by Crippen LogP contribution is 2.46. The zero-order chi connectivity index (χ0) is 44.2. The lowest BCUT2D eigenvalue weighted by Gasteiger charge is -2.37. The molecule has 6 bridgehead atoms. The Labute approximate surface area is 365 Å². The maximum Gasteiger partial charge on any atom is 0.324 e. The Kier molecular flexibility index (Phi) is 15.4. The number of carbonyl (C=O) groups is 3. The number of carbonyl (C=O) groups excluding carboxylic acids is 3. The van der Waals surface area contributed by atoms with E-state index in [2.05, 4.69) is 60.9 Å². The fourth-order valence-electron chi connectivity index (χ4n) is 8.91. The number of allylic oxidation sites excluding steroid dienone is 2. The topological polar surface area (TPSA) is 159 Å². The van der Waals surface area contributed by atoms with Gasteiger partial charge in [-0.05, 0) is 82.2 Å². The van der Waals surface area contributed by atoms with Crippen LogP contribution in [0.2, 0.25) is 0 Å². The Bertz CT molecular complexity index is 2040. The number of nitrogens with zero attached hydrogens (tertiary/aromatic N) is 5. The largest absolute Gasteiger partial charge is 0.464 e. The Balaban J connectivity index is 1.53. The number of rotatable bonds is 14. The first-order chi connectivity index (χ1) is 29.2. The molecule has 14 nitrogen and oxygen atoms in total. The molecule has 2 aromatic rings. The van der Waals surface area contributed by atoms with E-state index in [1.807, 2.05) is 45.7 Å². The highest BCUT2D eigenvalue weighted by molar-refractivity contribution is 8.14. The lowest BCUT2D eigenvalue weighted by atomic mass is 9.84. The summed E-state index contributed by atoms with van der Waals surface area (Å²) in [4.78, 5) is 54.7. The molecular formula is C46H67N7O7S. The summed E-state index contributed by atoms with van der Waals surface area (Å²) in [7, 11) is 3.57. The maximum absolute atomic E-state index is 14.8. The zero-order valence-corrected chi connectivity index (χ0v) is 38.3. The van der Waals surface area contributed by atoms with Gasteiger partial charge >= 0.3 is 5.97 Å². The number of aromatic nitrogens is 1. The monoisotopic (exact) mass is 861 g/mol. The Morgan fingerprint density at radius 3 is 2.67 bits per heavy atom. The minimum absolute atomic E-state index is 0.00131. The number of benzene rings is 1. The minimum Gasteiger partial charge on any atom is -0.464 e. The third-order valence-corrected chi connectivity index (χ3v) is 13.9. The Morgan fingerprint density at radius 1 is 1.26 bits per heavy atom. The van der Waals surface area contributed by atoms with Gasteiger partial charge in [-0.3, -0.25) is 29.4 Å². The number of amides is 2. The van der Waals surface area contributed by atoms with Gasteiger partial charge < -0.3 is 34.1 Å². The SMILES string of the molecule is C=C/C(=C(\N=CC)[C@H](C)OC)c1c2c3cc(ccc3n1CC)C1CSC(=N1)[C@@H](OCCN(C)CCO)[C@H](NC(=O)C1[C@@H](C)[C@H]1C)C(=O)N1CCC[C@H](N1)C(=O)OCC(C)(C)C2. The van der Waals surface area contributed by atoms with Crippen molar-refractivity contribution in [2.45, 2.75) is 105 Å². The second-order valence-electron chi connectivity index (χ2n) is 17.7. The summed E-state index contributed by atoms with van der Waals surface area (Å²) in [6.45, 7) is 20.9. The van der Waals surface area contributed by atoms with Crippen LogP contribution in [0.25, 0.3) is 16.5 Å². The molecular weight excluding hydrogens is 795 g/mol. The van der Waals surface area contributed by atoms with Crippen LogP contribution in [0.3, 0.4) is 0 Å². The highest BCUT2D eigenvalue weighted by Gasteiger charge is 2.50. The van der Waals surface area contributed by atoms with Crippen molar-refractivity contribution in [3.63, 3.8) is 0 Å². The predicted octanol–water partition coefficient (Wildman–Crippen LogP) is 5.19. The van der Waals surface area contributed by atoms with Crippen LogP contribution in [0.5, 0.6) is 0 Å². The third-order valence-electron chi connectivity index (χ3n) is 12.8. The molecule has 15 heteroatoms. The number of aryl methyl sites for hydroxylation is 1. The maximum atomic E-state index is 14.8. The number of hydrazine groups is 1. The summed E-state index contributed by atoms with van der Waals surface area (Å²) in [5.74, 6) is -0.256. The molecule has 1 aromatic heterocycles. The third kappa shape index (κ3) is 10.2. The number of thioether (sulfide) groups is 1. The van der Waals surface area contributed by atoms with Gasteiger partial charge in [-0.15, -0.1) is 11.8 Å². The number of cyclic esters (lactones) is 1. The van der Waals surface area contributed by atoms with Gasteiger partial charge in [-0.1, -0.05) is 46.4 Å². The molecule has 8 atom stereocenters. The summed E-state index contributed by atoms with van der Waals surface area (Å²) in [6, 6.07) is 4.38. The molecule has 2 unspecified atom stereocenters. The Hall–Kier alpha value is -3.86. The molecule has 1 saturated carbocycles. The minimum atomic E-state index is -1.12. The predicted molar refractivity (Wildman–Crippen MR) is 242 cm³/mol. The molecule has 1 saturated heterocycles. The molecule has 1 aliphatic carbocycles. The summed E-state index contributed by atoms with van der Waals surface area (Å²) >= 11 is 1.54. The van der Waals surface area contributed by atoms with E-state index in [1.54, 1.807) is 13.3 Å². The number of hydrogen-bond donors (Lipinski definition) is 3. The van der Waals surface area contributed by atoms with Crippen molar-refractivity contribution in [2.24, 2.45) is 33.2 Å². The van der Waals surface area contributed by atoms with Crippen molar-refractivity contribution in [3.05, 3.63) is 53.4 Å². The summed E-state index contributed by atoms with van der Waals surface area (Å²) in [5, 5.41) is 15.8. The van der Waals surface area contributed by atoms with Gasteiger partial charge in [0.15, 0.2) is 0 Å². The second kappa shape index (κ2) is 20.1. The fraction of sp³-hybridized carbons (Fsp3) is 0.630. The zero-order valence-electron chi connectivity index (χ0n) is 37.5. The van der Waals surface area contributed by atoms with Crippen molar-refractivity contribution in [1.29, 1.82) is 0 Å². The number of hydrogen-bond acceptors (Lipinski definition) is 12. The smallest absolute Gasteiger partial charge is 0.324 e. The van der Waals surface area contributed by atoms with E-state index in [-0.39, 0.29) is 55.6 Å². The van der Waals surface area contributed by atoms with Crippen molar-refractivity contribution in [1.82, 2.24) is 25.2 Å². The number of ether oxygens (including phenoxy) is 3. The molecule has 0 radical (unpaired) electrons. The normalized spacial score (nSPS) is 27.8. The molecule has 2 amide bonds. The first-order valence-corrected chi connectivity index (χ1v) is 22.9. The van der Waals surface area contributed by atoms with Gasteiger partial charge in [0.25, 0.3) is 5.91 Å². The van der Waals surface area contributed by atoms with Gasteiger partial charge in [-0.25, -0.2) is 5.43 Å². The standard InChI is InChI=1S/C46H67N7O7S/c1-11-31(38(47-12-2)29(6)58-10)40-33-24-46(7,8)26-60-45(57)34-15-14-18-53(50-34)44(56)39(49-42(55)37-27(4)28(37)5)41(59-22-20-51(9)19-21-54)43-48-35(25-61-43)30-16-17-36(32(33)23-30)52(40)13-3/h11-12,16-17,23,27-29,34-35,37,39,41,50,54H,1,13-15,18-22,24-26H2,2-10H3,(H,49,55)/b38-31+,47-12?/t27-,28+,29-,34-,35?,37?,39-,41-/m0/s1. The lowest BCUT2D eigenvalue weighted by molar-refractivity contribution is -0.156. The highest BCUT2D eigenvalue weighted by atomic mass is 32.2. The van der Waals surface area contributed by atoms with Gasteiger partial charge in [0.2, 0.25) is 5.91 Å². The number of fused-ring (bicyclic) bond motifs is 5. The van der Waals surface area contributed by atoms with E-state index in [0.29, 0.717) is 56.2 Å². The molecule has 1 aromatic carbocycles. The van der Waals surface area contributed by atoms with E-state index < -0.39 is 35.5 Å². The number of likely N-dealkylation sites (N-methyl/N-ethyl adjacent to an activating group) is 1. The number of methoxy groups -OCH3 is 1. The van der Waals surface area contributed by atoms with Crippen LogP contribution in [-0.4, -0.2) is 132 Å². The van der Waals surface area contributed by atoms with E-state index in [9.17, 15) is 19.5 Å². The van der Waals surface area contributed by atoms with Crippen LogP contribution in [-0.2, 0) is 41.6 Å². The molecule has 334 valence electrons. The molecule has 6 rings (SSSR count). The van der Waals surface area contributed by atoms with Gasteiger partial charge in [0.1, 0.15) is 23.2 Å². The van der Waals surface area contributed by atoms with Crippen LogP contribution >= 0.6 is 11.8 Å². The number of aliphatic imine (C=N–C) groups is 2.